The molecule has 0 bridgehead atoms. The largest absolute Gasteiger partial charge is 0.350 e. The molecule has 8 nitrogen and oxygen atoms in total. The molecule has 2 aliphatic heterocycles. The highest BCUT2D eigenvalue weighted by Crippen LogP contribution is 2.26. The first kappa shape index (κ1) is 18.2. The second-order valence-electron chi connectivity index (χ2n) is 7.46. The summed E-state index contributed by atoms with van der Waals surface area (Å²) in [5.74, 6) is 1.50. The molecule has 29 heavy (non-hydrogen) atoms. The van der Waals surface area contributed by atoms with E-state index >= 15 is 0 Å². The summed E-state index contributed by atoms with van der Waals surface area (Å²) >= 11 is 6.07. The molecule has 0 aliphatic carbocycles. The maximum atomic E-state index is 6.07. The predicted molar refractivity (Wildman–Crippen MR) is 114 cm³/mol. The zero-order valence-electron chi connectivity index (χ0n) is 16.2. The van der Waals surface area contributed by atoms with E-state index in [1.54, 1.807) is 24.8 Å². The fourth-order valence-electron chi connectivity index (χ4n) is 4.06. The Bertz CT molecular complexity index is 1120. The summed E-state index contributed by atoms with van der Waals surface area (Å²) in [4.78, 5) is 24.5. The number of hydrogen-bond acceptors (Lipinski definition) is 7. The van der Waals surface area contributed by atoms with Gasteiger partial charge in [0.2, 0.25) is 0 Å². The lowest BCUT2D eigenvalue weighted by Gasteiger charge is -2.44. The van der Waals surface area contributed by atoms with Gasteiger partial charge in [-0.05, 0) is 25.5 Å². The number of anilines is 1. The maximum absolute atomic E-state index is 6.07. The number of nitrogens with zero attached hydrogens (tertiary/aromatic N) is 7. The van der Waals surface area contributed by atoms with E-state index in [0.717, 1.165) is 24.6 Å². The zero-order chi connectivity index (χ0) is 20.0. The first-order valence-electron chi connectivity index (χ1n) is 9.65. The van der Waals surface area contributed by atoms with E-state index in [-0.39, 0.29) is 12.1 Å². The third-order valence-electron chi connectivity index (χ3n) is 5.47. The molecule has 9 heteroatoms. The van der Waals surface area contributed by atoms with Crippen LogP contribution in [0.15, 0.2) is 47.5 Å². The van der Waals surface area contributed by atoms with Gasteiger partial charge in [0.1, 0.15) is 16.7 Å². The second kappa shape index (κ2) is 7.20. The molecule has 1 fully saturated rings. The van der Waals surface area contributed by atoms with E-state index in [1.807, 2.05) is 16.7 Å². The molecular weight excluding hydrogens is 388 g/mol. The highest BCUT2D eigenvalue weighted by molar-refractivity contribution is 6.29. The van der Waals surface area contributed by atoms with Crippen molar-refractivity contribution in [1.82, 2.24) is 29.7 Å². The smallest absolute Gasteiger partial charge is 0.180 e. The molecule has 148 valence electrons. The van der Waals surface area contributed by atoms with Gasteiger partial charge in [-0.2, -0.15) is 0 Å². The SMILES string of the molecule is CC1CN(c2ccnc(-c3cnc4cnc(Cl)cn34)n2)C(C)C(C2=CCN=C2)N1. The van der Waals surface area contributed by atoms with Crippen LogP contribution in [0.25, 0.3) is 17.2 Å². The molecule has 3 atom stereocenters. The minimum atomic E-state index is 0.212. The number of rotatable bonds is 3. The van der Waals surface area contributed by atoms with Gasteiger partial charge in [-0.1, -0.05) is 17.7 Å². The van der Waals surface area contributed by atoms with Gasteiger partial charge in [-0.3, -0.25) is 9.39 Å². The minimum Gasteiger partial charge on any atom is -0.350 e. The molecule has 0 radical (unpaired) electrons. The van der Waals surface area contributed by atoms with Crippen LogP contribution in [-0.4, -0.2) is 61.8 Å². The van der Waals surface area contributed by atoms with Gasteiger partial charge in [-0.25, -0.2) is 19.9 Å². The van der Waals surface area contributed by atoms with Crippen molar-refractivity contribution in [3.63, 3.8) is 0 Å². The van der Waals surface area contributed by atoms with Gasteiger partial charge in [0.05, 0.1) is 25.0 Å². The van der Waals surface area contributed by atoms with E-state index in [1.165, 1.54) is 5.57 Å². The van der Waals surface area contributed by atoms with E-state index in [0.29, 0.717) is 22.7 Å². The Labute approximate surface area is 173 Å². The van der Waals surface area contributed by atoms with Crippen LogP contribution in [-0.2, 0) is 0 Å². The number of aromatic nitrogens is 5. The number of piperazine rings is 1. The van der Waals surface area contributed by atoms with E-state index < -0.39 is 0 Å². The van der Waals surface area contributed by atoms with Crippen molar-refractivity contribution >= 4 is 29.3 Å². The number of aliphatic imine (C=N–C) groups is 1. The maximum Gasteiger partial charge on any atom is 0.180 e. The van der Waals surface area contributed by atoms with Gasteiger partial charge in [0.15, 0.2) is 11.5 Å². The molecule has 1 saturated heterocycles. The predicted octanol–water partition coefficient (Wildman–Crippen LogP) is 2.41. The molecule has 0 saturated carbocycles. The van der Waals surface area contributed by atoms with Crippen LogP contribution in [0.5, 0.6) is 0 Å². The summed E-state index contributed by atoms with van der Waals surface area (Å²) in [5, 5.41) is 4.10. The summed E-state index contributed by atoms with van der Waals surface area (Å²) < 4.78 is 1.86. The van der Waals surface area contributed by atoms with Gasteiger partial charge in [-0.15, -0.1) is 0 Å². The van der Waals surface area contributed by atoms with Gasteiger partial charge >= 0.3 is 0 Å². The van der Waals surface area contributed by atoms with Crippen LogP contribution >= 0.6 is 11.6 Å². The van der Waals surface area contributed by atoms with Crippen molar-refractivity contribution in [2.45, 2.75) is 32.0 Å². The quantitative estimate of drug-likeness (QED) is 0.716. The third-order valence-corrected chi connectivity index (χ3v) is 5.66. The van der Waals surface area contributed by atoms with Crippen LogP contribution in [0.3, 0.4) is 0 Å². The molecule has 3 aromatic rings. The summed E-state index contributed by atoms with van der Waals surface area (Å²) in [5.41, 5.74) is 2.73. The third kappa shape index (κ3) is 3.28. The molecule has 5 rings (SSSR count). The van der Waals surface area contributed by atoms with E-state index in [4.69, 9.17) is 16.6 Å². The Morgan fingerprint density at radius 3 is 2.90 bits per heavy atom. The van der Waals surface area contributed by atoms with Crippen LogP contribution in [0.1, 0.15) is 13.8 Å². The highest BCUT2D eigenvalue weighted by Gasteiger charge is 2.34. The standard InChI is InChI=1S/C20H21ClN8/c1-12-10-28(13(2)19(26-12)14-3-5-22-7-14)17-4-6-23-20(27-17)15-8-25-18-9-24-16(21)11-29(15)18/h3-4,6-9,11-13,19,26H,5,10H2,1-2H3. The molecule has 3 unspecified atom stereocenters. The molecule has 0 spiro atoms. The van der Waals surface area contributed by atoms with Crippen LogP contribution in [0.4, 0.5) is 5.82 Å². The summed E-state index contributed by atoms with van der Waals surface area (Å²) in [6, 6.07) is 2.73. The van der Waals surface area contributed by atoms with Crippen molar-refractivity contribution in [3.05, 3.63) is 47.7 Å². The monoisotopic (exact) mass is 408 g/mol. The van der Waals surface area contributed by atoms with Crippen molar-refractivity contribution in [3.8, 4) is 11.5 Å². The normalized spacial score (nSPS) is 24.3. The number of halogens is 1. The molecule has 0 aromatic carbocycles. The summed E-state index contributed by atoms with van der Waals surface area (Å²) in [6.45, 7) is 6.04. The fraction of sp³-hybridized carbons (Fsp3) is 0.350. The van der Waals surface area contributed by atoms with Gasteiger partial charge in [0, 0.05) is 37.2 Å². The minimum absolute atomic E-state index is 0.212. The Morgan fingerprint density at radius 2 is 2.07 bits per heavy atom. The average molecular weight is 409 g/mol. The Hall–Kier alpha value is -2.84. The number of nitrogens with one attached hydrogen (secondary N) is 1. The Balaban J connectivity index is 1.51. The molecular formula is C20H21ClN8. The lowest BCUT2D eigenvalue weighted by Crippen LogP contribution is -2.61. The zero-order valence-corrected chi connectivity index (χ0v) is 17.0. The van der Waals surface area contributed by atoms with Crippen molar-refractivity contribution in [1.29, 1.82) is 0 Å². The Morgan fingerprint density at radius 1 is 1.17 bits per heavy atom. The number of imidazole rings is 1. The molecule has 3 aromatic heterocycles. The van der Waals surface area contributed by atoms with Crippen molar-refractivity contribution in [2.24, 2.45) is 4.99 Å². The van der Waals surface area contributed by atoms with Crippen LogP contribution in [0, 0.1) is 0 Å². The van der Waals surface area contributed by atoms with E-state index in [9.17, 15) is 0 Å². The molecule has 5 heterocycles. The lowest BCUT2D eigenvalue weighted by molar-refractivity contribution is 0.363. The second-order valence-corrected chi connectivity index (χ2v) is 7.84. The molecule has 2 aliphatic rings. The topological polar surface area (TPSA) is 83.6 Å². The highest BCUT2D eigenvalue weighted by atomic mass is 35.5. The average Bonchev–Trinajstić information content (AvgIpc) is 3.39. The van der Waals surface area contributed by atoms with Crippen LogP contribution < -0.4 is 10.2 Å². The summed E-state index contributed by atoms with van der Waals surface area (Å²) in [6.07, 6.45) is 11.1. The first-order chi connectivity index (χ1) is 14.1. The summed E-state index contributed by atoms with van der Waals surface area (Å²) in [7, 11) is 0. The first-order valence-corrected chi connectivity index (χ1v) is 10.0. The number of fused-ring (bicyclic) bond motifs is 1. The van der Waals surface area contributed by atoms with Gasteiger partial charge < -0.3 is 10.2 Å². The fourth-order valence-corrected chi connectivity index (χ4v) is 4.20. The van der Waals surface area contributed by atoms with Gasteiger partial charge in [0.25, 0.3) is 0 Å². The lowest BCUT2D eigenvalue weighted by atomic mass is 9.95. The van der Waals surface area contributed by atoms with Crippen LogP contribution in [0.2, 0.25) is 5.15 Å². The van der Waals surface area contributed by atoms with Crippen molar-refractivity contribution < 1.29 is 0 Å². The van der Waals surface area contributed by atoms with Crippen molar-refractivity contribution in [2.75, 3.05) is 18.0 Å². The Kier molecular flexibility index (Phi) is 4.52. The number of hydrogen-bond donors (Lipinski definition) is 1. The molecule has 0 amide bonds. The molecule has 1 N–H and O–H groups in total. The van der Waals surface area contributed by atoms with E-state index in [2.05, 4.69) is 50.1 Å².